The van der Waals surface area contributed by atoms with Gasteiger partial charge in [0.1, 0.15) is 11.9 Å². The molecule has 0 fully saturated rings. The van der Waals surface area contributed by atoms with Gasteiger partial charge < -0.3 is 9.16 Å². The summed E-state index contributed by atoms with van der Waals surface area (Å²) in [5, 5.41) is 0. The van der Waals surface area contributed by atoms with Crippen LogP contribution in [0.3, 0.4) is 0 Å². The number of halogens is 11. The lowest BCUT2D eigenvalue weighted by molar-refractivity contribution is -0.430. The molecular weight excluding hydrogens is 413 g/mol. The summed E-state index contributed by atoms with van der Waals surface area (Å²) in [6.45, 7) is 2.98. The number of alkyl halides is 11. The van der Waals surface area contributed by atoms with E-state index in [2.05, 4.69) is 4.74 Å². The maximum Gasteiger partial charge on any atom is 0.462 e. The first-order valence-corrected chi connectivity index (χ1v) is 10.1. The molecule has 0 aromatic heterocycles. The van der Waals surface area contributed by atoms with Crippen molar-refractivity contribution in [3.8, 4) is 0 Å². The topological polar surface area (TPSA) is 18.5 Å². The largest absolute Gasteiger partial charge is 0.462 e. The monoisotopic (exact) mass is 430 g/mol. The molecule has 0 spiro atoms. The van der Waals surface area contributed by atoms with E-state index in [4.69, 9.17) is 4.43 Å². The van der Waals surface area contributed by atoms with E-state index in [9.17, 15) is 48.3 Å². The zero-order valence-corrected chi connectivity index (χ0v) is 14.8. The van der Waals surface area contributed by atoms with Gasteiger partial charge in [0.2, 0.25) is 8.32 Å². The normalized spacial score (nSPS) is 17.3. The minimum atomic E-state index is -6.77. The van der Waals surface area contributed by atoms with Gasteiger partial charge in [0.05, 0.1) is 6.42 Å². The minimum Gasteiger partial charge on any atom is -0.415 e. The fourth-order valence-corrected chi connectivity index (χ4v) is 4.14. The molecule has 2 nitrogen and oxygen atoms in total. The molecule has 2 unspecified atom stereocenters. The van der Waals surface area contributed by atoms with Crippen molar-refractivity contribution >= 4 is 8.32 Å². The second kappa shape index (κ2) is 8.16. The third-order valence-corrected chi connectivity index (χ3v) is 5.91. The Bertz CT molecular complexity index is 447. The van der Waals surface area contributed by atoms with E-state index in [1.165, 1.54) is 6.92 Å². The molecule has 0 N–H and O–H groups in total. The van der Waals surface area contributed by atoms with Gasteiger partial charge in [-0.05, 0) is 19.5 Å². The summed E-state index contributed by atoms with van der Waals surface area (Å²) in [6, 6.07) is 0. The Morgan fingerprint density at radius 3 is 1.69 bits per heavy atom. The Balaban J connectivity index is 5.80. The van der Waals surface area contributed by atoms with Crippen molar-refractivity contribution in [3.05, 3.63) is 0 Å². The number of ether oxygens (including phenoxy) is 1. The van der Waals surface area contributed by atoms with Crippen LogP contribution in [0.5, 0.6) is 0 Å². The fourth-order valence-electron chi connectivity index (χ4n) is 1.83. The van der Waals surface area contributed by atoms with Gasteiger partial charge in [0, 0.05) is 6.61 Å². The molecule has 0 saturated heterocycles. The van der Waals surface area contributed by atoms with Gasteiger partial charge in [-0.3, -0.25) is 0 Å². The molecular formula is C12H17F11O2Si. The van der Waals surface area contributed by atoms with Crippen molar-refractivity contribution in [2.75, 3.05) is 6.61 Å². The van der Waals surface area contributed by atoms with Gasteiger partial charge in [0.25, 0.3) is 0 Å². The van der Waals surface area contributed by atoms with Crippen molar-refractivity contribution < 1.29 is 57.5 Å². The first kappa shape index (κ1) is 25.4. The maximum absolute atomic E-state index is 14.0. The Morgan fingerprint density at radius 1 is 0.885 bits per heavy atom. The predicted octanol–water partition coefficient (Wildman–Crippen LogP) is 5.62. The second-order valence-corrected chi connectivity index (χ2v) is 9.98. The van der Waals surface area contributed by atoms with Gasteiger partial charge in [-0.15, -0.1) is 0 Å². The molecule has 0 saturated carbocycles. The van der Waals surface area contributed by atoms with Crippen LogP contribution in [0.2, 0.25) is 13.1 Å². The summed E-state index contributed by atoms with van der Waals surface area (Å²) in [6.07, 6.45) is -23.8. The molecule has 0 bridgehead atoms. The highest BCUT2D eigenvalue weighted by molar-refractivity contribution is 6.72. The second-order valence-electron chi connectivity index (χ2n) is 5.91. The number of hydrogen-bond donors (Lipinski definition) is 0. The Hall–Kier alpha value is -0.633. The SMILES string of the molecule is CCCO[Si](C)(C)C(OC(F)(F)C(F)(F)C(F)(F)F)C(F)CC(F)(F)F. The molecule has 0 aromatic carbocycles. The molecule has 14 heteroatoms. The maximum atomic E-state index is 14.0. The van der Waals surface area contributed by atoms with Gasteiger partial charge in [-0.1, -0.05) is 6.92 Å². The van der Waals surface area contributed by atoms with Crippen LogP contribution in [0, 0.1) is 0 Å². The quantitative estimate of drug-likeness (QED) is 0.349. The average Bonchev–Trinajstić information content (AvgIpc) is 2.39. The summed E-state index contributed by atoms with van der Waals surface area (Å²) in [5.74, 6) is -6.74. The van der Waals surface area contributed by atoms with E-state index < -0.39 is 51.0 Å². The van der Waals surface area contributed by atoms with Crippen LogP contribution in [0.15, 0.2) is 0 Å². The lowest BCUT2D eigenvalue weighted by Crippen LogP contribution is -2.61. The minimum absolute atomic E-state index is 0.203. The molecule has 158 valence electrons. The highest BCUT2D eigenvalue weighted by atomic mass is 28.4. The van der Waals surface area contributed by atoms with Crippen molar-refractivity contribution in [2.45, 2.75) is 69.1 Å². The molecule has 0 aromatic rings. The van der Waals surface area contributed by atoms with Crippen LogP contribution in [-0.2, 0) is 9.16 Å². The third kappa shape index (κ3) is 6.51. The summed E-state index contributed by atoms with van der Waals surface area (Å²) < 4.78 is 148. The molecule has 2 atom stereocenters. The summed E-state index contributed by atoms with van der Waals surface area (Å²) >= 11 is 0. The smallest absolute Gasteiger partial charge is 0.415 e. The van der Waals surface area contributed by atoms with Gasteiger partial charge >= 0.3 is 24.4 Å². The van der Waals surface area contributed by atoms with E-state index in [0.29, 0.717) is 0 Å². The lowest BCUT2D eigenvalue weighted by Gasteiger charge is -2.38. The average molecular weight is 430 g/mol. The van der Waals surface area contributed by atoms with E-state index >= 15 is 0 Å². The zero-order valence-electron chi connectivity index (χ0n) is 13.8. The molecule has 0 heterocycles. The van der Waals surface area contributed by atoms with Crippen LogP contribution in [0.4, 0.5) is 48.3 Å². The Labute approximate surface area is 142 Å². The highest BCUT2D eigenvalue weighted by Gasteiger charge is 2.75. The van der Waals surface area contributed by atoms with Crippen LogP contribution in [0.25, 0.3) is 0 Å². The predicted molar refractivity (Wildman–Crippen MR) is 70.1 cm³/mol. The standard InChI is InChI=1S/C12H17F11O2Si/c1-4-5-24-26(2,3)8(7(13)6-9(14,15)16)25-12(22,23)10(17,18)11(19,20)21/h7-8H,4-6H2,1-3H3. The van der Waals surface area contributed by atoms with E-state index in [1.807, 2.05) is 0 Å². The van der Waals surface area contributed by atoms with Crippen molar-refractivity contribution in [3.63, 3.8) is 0 Å². The molecule has 26 heavy (non-hydrogen) atoms. The van der Waals surface area contributed by atoms with Crippen LogP contribution < -0.4 is 0 Å². The Morgan fingerprint density at radius 2 is 1.35 bits per heavy atom. The summed E-state index contributed by atoms with van der Waals surface area (Å²) in [7, 11) is -4.04. The lowest BCUT2D eigenvalue weighted by atomic mass is 10.2. The molecule has 0 aliphatic carbocycles. The highest BCUT2D eigenvalue weighted by Crippen LogP contribution is 2.48. The first-order chi connectivity index (χ1) is 11.3. The molecule has 0 aliphatic rings. The molecule has 0 rings (SSSR count). The van der Waals surface area contributed by atoms with Gasteiger partial charge in [0.15, 0.2) is 0 Å². The summed E-state index contributed by atoms with van der Waals surface area (Å²) in [5.41, 5.74) is -2.93. The third-order valence-electron chi connectivity index (χ3n) is 3.11. The zero-order chi connectivity index (χ0) is 21.2. The van der Waals surface area contributed by atoms with E-state index in [1.54, 1.807) is 0 Å². The van der Waals surface area contributed by atoms with Gasteiger partial charge in [-0.2, -0.15) is 43.9 Å². The number of rotatable bonds is 9. The van der Waals surface area contributed by atoms with Crippen molar-refractivity contribution in [1.29, 1.82) is 0 Å². The van der Waals surface area contributed by atoms with Crippen LogP contribution in [-0.4, -0.2) is 51.2 Å². The molecule has 0 aliphatic heterocycles. The fraction of sp³-hybridized carbons (Fsp3) is 1.00. The van der Waals surface area contributed by atoms with Gasteiger partial charge in [-0.25, -0.2) is 4.39 Å². The molecule has 0 amide bonds. The first-order valence-electron chi connectivity index (χ1n) is 7.13. The Kier molecular flexibility index (Phi) is 7.97. The van der Waals surface area contributed by atoms with E-state index in [0.717, 1.165) is 13.1 Å². The van der Waals surface area contributed by atoms with E-state index in [-0.39, 0.29) is 13.0 Å². The molecule has 0 radical (unpaired) electrons. The van der Waals surface area contributed by atoms with Crippen LogP contribution >= 0.6 is 0 Å². The van der Waals surface area contributed by atoms with Crippen LogP contribution in [0.1, 0.15) is 19.8 Å². The van der Waals surface area contributed by atoms with Crippen molar-refractivity contribution in [1.82, 2.24) is 0 Å². The summed E-state index contributed by atoms with van der Waals surface area (Å²) in [4.78, 5) is 0. The number of hydrogen-bond acceptors (Lipinski definition) is 2. The van der Waals surface area contributed by atoms with Crippen molar-refractivity contribution in [2.24, 2.45) is 0 Å².